The van der Waals surface area contributed by atoms with Gasteiger partial charge in [-0.25, -0.2) is 4.98 Å². The Bertz CT molecular complexity index is 622. The number of carbonyl (C=O) groups is 1. The Morgan fingerprint density at radius 2 is 2.10 bits per heavy atom. The van der Waals surface area contributed by atoms with Crippen molar-refractivity contribution in [3.63, 3.8) is 0 Å². The Kier molecular flexibility index (Phi) is 5.11. The van der Waals surface area contributed by atoms with Crippen molar-refractivity contribution in [3.05, 3.63) is 36.0 Å². The lowest BCUT2D eigenvalue weighted by Crippen LogP contribution is -2.34. The number of aliphatic hydroxyl groups is 1. The van der Waals surface area contributed by atoms with Crippen molar-refractivity contribution < 1.29 is 9.90 Å². The van der Waals surface area contributed by atoms with Crippen LogP contribution in [0.4, 0.5) is 5.82 Å². The molecule has 21 heavy (non-hydrogen) atoms. The van der Waals surface area contributed by atoms with Crippen molar-refractivity contribution in [2.45, 2.75) is 13.3 Å². The van der Waals surface area contributed by atoms with E-state index < -0.39 is 0 Å². The van der Waals surface area contributed by atoms with Crippen molar-refractivity contribution in [2.75, 3.05) is 32.1 Å². The van der Waals surface area contributed by atoms with Crippen molar-refractivity contribution >= 4 is 22.5 Å². The van der Waals surface area contributed by atoms with Gasteiger partial charge in [0, 0.05) is 25.5 Å². The fourth-order valence-electron chi connectivity index (χ4n) is 2.37. The molecule has 0 spiro atoms. The van der Waals surface area contributed by atoms with E-state index in [0.717, 1.165) is 17.2 Å². The van der Waals surface area contributed by atoms with Crippen LogP contribution in [0.3, 0.4) is 0 Å². The molecule has 112 valence electrons. The third-order valence-corrected chi connectivity index (χ3v) is 3.35. The molecule has 0 unspecified atom stereocenters. The quantitative estimate of drug-likeness (QED) is 0.854. The summed E-state index contributed by atoms with van der Waals surface area (Å²) in [6.45, 7) is 2.90. The molecular weight excluding hydrogens is 266 g/mol. The second-order valence-electron chi connectivity index (χ2n) is 4.84. The Labute approximate surface area is 124 Å². The first kappa shape index (κ1) is 15.3. The molecular formula is C16H21N3O2. The number of aromatic nitrogens is 1. The van der Waals surface area contributed by atoms with Crippen LogP contribution in [0.1, 0.15) is 23.8 Å². The SMILES string of the molecule is CCCN(CCO)C(=O)c1cc2ccccc2c(NC)n1. The van der Waals surface area contributed by atoms with E-state index in [1.807, 2.05) is 31.2 Å². The minimum Gasteiger partial charge on any atom is -0.395 e. The number of aliphatic hydroxyl groups excluding tert-OH is 1. The van der Waals surface area contributed by atoms with Crippen LogP contribution in [-0.4, -0.2) is 47.6 Å². The molecule has 0 saturated heterocycles. The van der Waals surface area contributed by atoms with Gasteiger partial charge in [-0.05, 0) is 17.9 Å². The molecule has 1 aromatic heterocycles. The van der Waals surface area contributed by atoms with Crippen LogP contribution in [0.15, 0.2) is 30.3 Å². The first-order chi connectivity index (χ1) is 10.2. The summed E-state index contributed by atoms with van der Waals surface area (Å²) in [4.78, 5) is 18.6. The van der Waals surface area contributed by atoms with Crippen LogP contribution in [-0.2, 0) is 0 Å². The molecule has 1 amide bonds. The van der Waals surface area contributed by atoms with Gasteiger partial charge >= 0.3 is 0 Å². The minimum absolute atomic E-state index is 0.0434. The normalized spacial score (nSPS) is 10.6. The van der Waals surface area contributed by atoms with E-state index in [2.05, 4.69) is 10.3 Å². The molecule has 0 fully saturated rings. The minimum atomic E-state index is -0.145. The molecule has 1 heterocycles. The molecule has 5 heteroatoms. The topological polar surface area (TPSA) is 65.5 Å². The van der Waals surface area contributed by atoms with E-state index in [1.54, 1.807) is 18.0 Å². The highest BCUT2D eigenvalue weighted by Gasteiger charge is 2.17. The van der Waals surface area contributed by atoms with Crippen LogP contribution in [0.2, 0.25) is 0 Å². The predicted octanol–water partition coefficient (Wildman–Crippen LogP) is 2.12. The van der Waals surface area contributed by atoms with Gasteiger partial charge in [-0.2, -0.15) is 0 Å². The third kappa shape index (κ3) is 3.31. The number of amides is 1. The molecule has 0 bridgehead atoms. The summed E-state index contributed by atoms with van der Waals surface area (Å²) in [6, 6.07) is 9.62. The third-order valence-electron chi connectivity index (χ3n) is 3.35. The molecule has 5 nitrogen and oxygen atoms in total. The summed E-state index contributed by atoms with van der Waals surface area (Å²) in [6.07, 6.45) is 0.845. The number of benzene rings is 1. The monoisotopic (exact) mass is 287 g/mol. The molecule has 0 atom stereocenters. The molecule has 0 aliphatic rings. The summed E-state index contributed by atoms with van der Waals surface area (Å²) in [5, 5.41) is 14.1. The molecule has 0 aliphatic heterocycles. The second-order valence-corrected chi connectivity index (χ2v) is 4.84. The zero-order chi connectivity index (χ0) is 15.2. The fraction of sp³-hybridized carbons (Fsp3) is 0.375. The Morgan fingerprint density at radius 1 is 1.33 bits per heavy atom. The number of fused-ring (bicyclic) bond motifs is 1. The average Bonchev–Trinajstić information content (AvgIpc) is 2.52. The second kappa shape index (κ2) is 7.04. The van der Waals surface area contributed by atoms with E-state index in [9.17, 15) is 4.79 Å². The van der Waals surface area contributed by atoms with Crippen molar-refractivity contribution in [1.82, 2.24) is 9.88 Å². The number of rotatable bonds is 6. The Balaban J connectivity index is 2.43. The largest absolute Gasteiger partial charge is 0.395 e. The van der Waals surface area contributed by atoms with Crippen LogP contribution >= 0.6 is 0 Å². The Morgan fingerprint density at radius 3 is 2.76 bits per heavy atom. The summed E-state index contributed by atoms with van der Waals surface area (Å²) >= 11 is 0. The standard InChI is InChI=1S/C16H21N3O2/c1-3-8-19(9-10-20)16(21)14-11-12-6-4-5-7-13(12)15(17-2)18-14/h4-7,11,20H,3,8-10H2,1-2H3,(H,17,18). The number of nitrogens with one attached hydrogen (secondary N) is 1. The van der Waals surface area contributed by atoms with Gasteiger partial charge in [-0.1, -0.05) is 31.2 Å². The van der Waals surface area contributed by atoms with E-state index in [0.29, 0.717) is 24.6 Å². The number of nitrogens with zero attached hydrogens (tertiary/aromatic N) is 2. The molecule has 0 aliphatic carbocycles. The number of anilines is 1. The van der Waals surface area contributed by atoms with Gasteiger partial charge < -0.3 is 15.3 Å². The lowest BCUT2D eigenvalue weighted by Gasteiger charge is -2.21. The molecule has 2 rings (SSSR count). The molecule has 0 radical (unpaired) electrons. The maximum Gasteiger partial charge on any atom is 0.272 e. The first-order valence-corrected chi connectivity index (χ1v) is 7.19. The van der Waals surface area contributed by atoms with Gasteiger partial charge in [-0.3, -0.25) is 4.79 Å². The molecule has 1 aromatic carbocycles. The average molecular weight is 287 g/mol. The van der Waals surface area contributed by atoms with E-state index in [1.165, 1.54) is 0 Å². The van der Waals surface area contributed by atoms with E-state index in [4.69, 9.17) is 5.11 Å². The Hall–Kier alpha value is -2.14. The summed E-state index contributed by atoms with van der Waals surface area (Å²) in [5.41, 5.74) is 0.403. The highest BCUT2D eigenvalue weighted by molar-refractivity contribution is 6.00. The number of hydrogen-bond donors (Lipinski definition) is 2. The first-order valence-electron chi connectivity index (χ1n) is 7.19. The van der Waals surface area contributed by atoms with Crippen LogP contribution in [0.5, 0.6) is 0 Å². The number of pyridine rings is 1. The lowest BCUT2D eigenvalue weighted by atomic mass is 10.1. The van der Waals surface area contributed by atoms with Gasteiger partial charge in [0.25, 0.3) is 5.91 Å². The van der Waals surface area contributed by atoms with Gasteiger partial charge in [0.05, 0.1) is 6.61 Å². The van der Waals surface area contributed by atoms with Crippen molar-refractivity contribution in [1.29, 1.82) is 0 Å². The van der Waals surface area contributed by atoms with Crippen LogP contribution < -0.4 is 5.32 Å². The maximum absolute atomic E-state index is 12.6. The number of carbonyl (C=O) groups excluding carboxylic acids is 1. The predicted molar refractivity (Wildman–Crippen MR) is 84.6 cm³/mol. The summed E-state index contributed by atoms with van der Waals surface area (Å²) in [5.74, 6) is 0.546. The lowest BCUT2D eigenvalue weighted by molar-refractivity contribution is 0.0716. The zero-order valence-electron chi connectivity index (χ0n) is 12.5. The summed E-state index contributed by atoms with van der Waals surface area (Å²) in [7, 11) is 1.79. The van der Waals surface area contributed by atoms with Crippen molar-refractivity contribution in [2.24, 2.45) is 0 Å². The fourth-order valence-corrected chi connectivity index (χ4v) is 2.37. The van der Waals surface area contributed by atoms with Crippen LogP contribution in [0, 0.1) is 0 Å². The smallest absolute Gasteiger partial charge is 0.272 e. The van der Waals surface area contributed by atoms with Crippen LogP contribution in [0.25, 0.3) is 10.8 Å². The molecule has 2 aromatic rings. The van der Waals surface area contributed by atoms with Gasteiger partial charge in [0.15, 0.2) is 0 Å². The summed E-state index contributed by atoms with van der Waals surface area (Å²) < 4.78 is 0. The van der Waals surface area contributed by atoms with Crippen molar-refractivity contribution in [3.8, 4) is 0 Å². The van der Waals surface area contributed by atoms with Gasteiger partial charge in [0.2, 0.25) is 0 Å². The maximum atomic E-state index is 12.6. The van der Waals surface area contributed by atoms with Gasteiger partial charge in [-0.15, -0.1) is 0 Å². The zero-order valence-corrected chi connectivity index (χ0v) is 12.5. The van der Waals surface area contributed by atoms with E-state index >= 15 is 0 Å². The van der Waals surface area contributed by atoms with Gasteiger partial charge in [0.1, 0.15) is 11.5 Å². The highest BCUT2D eigenvalue weighted by atomic mass is 16.3. The molecule has 0 saturated carbocycles. The number of hydrogen-bond acceptors (Lipinski definition) is 4. The molecule has 2 N–H and O–H groups in total. The van der Waals surface area contributed by atoms with E-state index in [-0.39, 0.29) is 12.5 Å². The highest BCUT2D eigenvalue weighted by Crippen LogP contribution is 2.22.